The van der Waals surface area contributed by atoms with Gasteiger partial charge in [0.2, 0.25) is 0 Å². The lowest BCUT2D eigenvalue weighted by Crippen LogP contribution is -2.30. The predicted molar refractivity (Wildman–Crippen MR) is 87.6 cm³/mol. The van der Waals surface area contributed by atoms with Crippen LogP contribution in [0.4, 0.5) is 4.79 Å². The van der Waals surface area contributed by atoms with E-state index in [0.29, 0.717) is 10.7 Å². The molecule has 3 rings (SSSR count). The van der Waals surface area contributed by atoms with Crippen molar-refractivity contribution in [3.8, 4) is 0 Å². The van der Waals surface area contributed by atoms with Crippen molar-refractivity contribution in [2.45, 2.75) is 13.5 Å². The molecule has 2 heterocycles. The molecule has 4 nitrogen and oxygen atoms in total. The van der Waals surface area contributed by atoms with Crippen LogP contribution in [0.1, 0.15) is 15.3 Å². The summed E-state index contributed by atoms with van der Waals surface area (Å²) in [5.41, 5.74) is 1.15. The minimum atomic E-state index is -0.403. The van der Waals surface area contributed by atoms with Crippen LogP contribution < -0.4 is 5.32 Å². The molecule has 0 unspecified atom stereocenters. The van der Waals surface area contributed by atoms with E-state index in [-0.39, 0.29) is 12.5 Å². The Balaban J connectivity index is 1.79. The molecule has 1 aliphatic heterocycles. The molecule has 3 amide bonds. The number of urea groups is 1. The zero-order valence-electron chi connectivity index (χ0n) is 11.8. The number of benzene rings is 1. The van der Waals surface area contributed by atoms with Crippen molar-refractivity contribution in [3.05, 3.63) is 62.4 Å². The number of nitrogens with zero attached hydrogens (tertiary/aromatic N) is 1. The molecule has 0 aliphatic carbocycles. The Hall–Kier alpha value is -2.11. The number of nitrogens with one attached hydrogen (secondary N) is 1. The Morgan fingerprint density at radius 1 is 1.18 bits per heavy atom. The third-order valence-electron chi connectivity index (χ3n) is 3.26. The van der Waals surface area contributed by atoms with Crippen LogP contribution in [-0.4, -0.2) is 16.8 Å². The smallest absolute Gasteiger partial charge is 0.303 e. The van der Waals surface area contributed by atoms with Crippen molar-refractivity contribution < 1.29 is 9.59 Å². The monoisotopic (exact) mass is 332 g/mol. The lowest BCUT2D eigenvalue weighted by atomic mass is 10.2. The third kappa shape index (κ3) is 3.05. The summed E-state index contributed by atoms with van der Waals surface area (Å²) in [5, 5.41) is 3.24. The first kappa shape index (κ1) is 14.8. The van der Waals surface area contributed by atoms with Crippen LogP contribution in [0.5, 0.6) is 0 Å². The van der Waals surface area contributed by atoms with Crippen LogP contribution in [0.15, 0.2) is 42.1 Å². The van der Waals surface area contributed by atoms with Gasteiger partial charge in [-0.15, -0.1) is 11.3 Å². The molecule has 1 fully saturated rings. The summed E-state index contributed by atoms with van der Waals surface area (Å²) in [6.07, 6.45) is 1.71. The van der Waals surface area contributed by atoms with Gasteiger partial charge in [-0.05, 0) is 42.8 Å². The molecule has 0 saturated carbocycles. The van der Waals surface area contributed by atoms with Crippen LogP contribution >= 0.6 is 22.9 Å². The number of carbonyl (C=O) groups is 2. The molecule has 0 radical (unpaired) electrons. The second-order valence-corrected chi connectivity index (χ2v) is 6.71. The maximum atomic E-state index is 12.4. The highest BCUT2D eigenvalue weighted by molar-refractivity contribution is 7.12. The molecule has 0 spiro atoms. The highest BCUT2D eigenvalue weighted by atomic mass is 35.5. The van der Waals surface area contributed by atoms with Crippen molar-refractivity contribution in [2.24, 2.45) is 0 Å². The van der Waals surface area contributed by atoms with E-state index in [2.05, 4.69) is 5.32 Å². The van der Waals surface area contributed by atoms with Crippen molar-refractivity contribution in [1.82, 2.24) is 10.2 Å². The van der Waals surface area contributed by atoms with E-state index in [9.17, 15) is 9.59 Å². The van der Waals surface area contributed by atoms with Crippen LogP contribution in [0.2, 0.25) is 5.02 Å². The molecule has 6 heteroatoms. The summed E-state index contributed by atoms with van der Waals surface area (Å²) in [6.45, 7) is 2.22. The number of halogens is 1. The number of imide groups is 1. The lowest BCUT2D eigenvalue weighted by molar-refractivity contribution is -0.123. The highest BCUT2D eigenvalue weighted by Crippen LogP contribution is 2.21. The molecule has 1 aromatic carbocycles. The summed E-state index contributed by atoms with van der Waals surface area (Å²) in [4.78, 5) is 27.6. The first-order valence-electron chi connectivity index (χ1n) is 6.68. The van der Waals surface area contributed by atoms with Crippen molar-refractivity contribution >= 4 is 41.0 Å². The van der Waals surface area contributed by atoms with E-state index in [1.807, 2.05) is 19.1 Å². The first-order chi connectivity index (χ1) is 10.5. The highest BCUT2D eigenvalue weighted by Gasteiger charge is 2.33. The first-order valence-corrected chi connectivity index (χ1v) is 7.88. The fourth-order valence-electron chi connectivity index (χ4n) is 2.16. The van der Waals surface area contributed by atoms with E-state index < -0.39 is 6.03 Å². The quantitative estimate of drug-likeness (QED) is 0.686. The molecule has 112 valence electrons. The molecule has 1 aliphatic rings. The minimum Gasteiger partial charge on any atom is -0.303 e. The molecule has 1 aromatic heterocycles. The molecule has 2 aromatic rings. The summed E-state index contributed by atoms with van der Waals surface area (Å²) in [6, 6.07) is 10.6. The SMILES string of the molecule is Cc1ccc(/C=C2\NC(=O)N(Cc3ccc(Cl)cc3)C2=O)s1. The maximum Gasteiger partial charge on any atom is 0.329 e. The number of hydrogen-bond donors (Lipinski definition) is 1. The van der Waals surface area contributed by atoms with E-state index in [4.69, 9.17) is 11.6 Å². The summed E-state index contributed by atoms with van der Waals surface area (Å²) in [5.74, 6) is -0.314. The van der Waals surface area contributed by atoms with Gasteiger partial charge in [0.05, 0.1) is 6.54 Å². The number of carbonyl (C=O) groups excluding carboxylic acids is 2. The van der Waals surface area contributed by atoms with Gasteiger partial charge in [-0.3, -0.25) is 9.69 Å². The number of rotatable bonds is 3. The van der Waals surface area contributed by atoms with Crippen molar-refractivity contribution in [3.63, 3.8) is 0 Å². The van der Waals surface area contributed by atoms with Gasteiger partial charge >= 0.3 is 6.03 Å². The van der Waals surface area contributed by atoms with Crippen molar-refractivity contribution in [2.75, 3.05) is 0 Å². The fraction of sp³-hybridized carbons (Fsp3) is 0.125. The largest absolute Gasteiger partial charge is 0.329 e. The normalized spacial score (nSPS) is 16.5. The zero-order valence-corrected chi connectivity index (χ0v) is 13.4. The van der Waals surface area contributed by atoms with Crippen LogP contribution in [0.3, 0.4) is 0 Å². The topological polar surface area (TPSA) is 49.4 Å². The van der Waals surface area contributed by atoms with Crippen LogP contribution in [0, 0.1) is 6.92 Å². The van der Waals surface area contributed by atoms with Gasteiger partial charge in [0, 0.05) is 14.8 Å². The van der Waals surface area contributed by atoms with Gasteiger partial charge in [0.25, 0.3) is 5.91 Å². The van der Waals surface area contributed by atoms with Gasteiger partial charge in [-0.25, -0.2) is 4.79 Å². The molecule has 1 saturated heterocycles. The summed E-state index contributed by atoms with van der Waals surface area (Å²) in [7, 11) is 0. The lowest BCUT2D eigenvalue weighted by Gasteiger charge is -2.11. The summed E-state index contributed by atoms with van der Waals surface area (Å²) >= 11 is 7.40. The van der Waals surface area contributed by atoms with Gasteiger partial charge < -0.3 is 5.32 Å². The minimum absolute atomic E-state index is 0.225. The molecule has 1 N–H and O–H groups in total. The number of thiophene rings is 1. The maximum absolute atomic E-state index is 12.4. The summed E-state index contributed by atoms with van der Waals surface area (Å²) < 4.78 is 0. The van der Waals surface area contributed by atoms with Gasteiger partial charge in [-0.2, -0.15) is 0 Å². The average molecular weight is 333 g/mol. The molecular weight excluding hydrogens is 320 g/mol. The van der Waals surface area contributed by atoms with E-state index >= 15 is 0 Å². The Morgan fingerprint density at radius 2 is 1.91 bits per heavy atom. The van der Waals surface area contributed by atoms with Crippen LogP contribution in [-0.2, 0) is 11.3 Å². The number of hydrogen-bond acceptors (Lipinski definition) is 3. The van der Waals surface area contributed by atoms with Gasteiger partial charge in [0.15, 0.2) is 0 Å². The number of amides is 3. The Labute approximate surface area is 137 Å². The van der Waals surface area contributed by atoms with Gasteiger partial charge in [0.1, 0.15) is 5.70 Å². The van der Waals surface area contributed by atoms with Gasteiger partial charge in [-0.1, -0.05) is 23.7 Å². The van der Waals surface area contributed by atoms with Crippen LogP contribution in [0.25, 0.3) is 6.08 Å². The predicted octanol–water partition coefficient (Wildman–Crippen LogP) is 3.80. The number of aryl methyl sites for hydroxylation is 1. The average Bonchev–Trinajstić information content (AvgIpc) is 3.00. The molecular formula is C16H13ClN2O2S. The zero-order chi connectivity index (χ0) is 15.7. The van der Waals surface area contributed by atoms with E-state index in [1.54, 1.807) is 41.7 Å². The Bertz CT molecular complexity index is 765. The molecule has 0 bridgehead atoms. The second kappa shape index (κ2) is 5.94. The third-order valence-corrected chi connectivity index (χ3v) is 4.46. The van der Waals surface area contributed by atoms with E-state index in [1.165, 1.54) is 4.90 Å². The van der Waals surface area contributed by atoms with Crippen molar-refractivity contribution in [1.29, 1.82) is 0 Å². The second-order valence-electron chi connectivity index (χ2n) is 4.95. The fourth-order valence-corrected chi connectivity index (χ4v) is 3.11. The van der Waals surface area contributed by atoms with E-state index in [0.717, 1.165) is 15.3 Å². The Kier molecular flexibility index (Phi) is 4.00. The molecule has 0 atom stereocenters. The standard InChI is InChI=1S/C16H13ClN2O2S/c1-10-2-7-13(22-10)8-14-15(20)19(16(21)18-14)9-11-3-5-12(17)6-4-11/h2-8H,9H2,1H3,(H,18,21)/b14-8-. The molecule has 22 heavy (non-hydrogen) atoms. The Morgan fingerprint density at radius 3 is 2.55 bits per heavy atom.